The number of hydrogen-bond donors (Lipinski definition) is 1. The Kier molecular flexibility index (Phi) is 8.46. The zero-order chi connectivity index (χ0) is 28.8. The van der Waals surface area contributed by atoms with Crippen LogP contribution in [0.5, 0.6) is 17.2 Å². The fraction of sp³-hybridized carbons (Fsp3) is 0.176. The molecule has 1 N–H and O–H groups in total. The molecule has 7 heteroatoms. The Balaban J connectivity index is 1.46. The molecule has 208 valence electrons. The average Bonchev–Trinajstić information content (AvgIpc) is 3.25. The van der Waals surface area contributed by atoms with Crippen LogP contribution in [-0.4, -0.2) is 42.0 Å². The van der Waals surface area contributed by atoms with Gasteiger partial charge in [0.15, 0.2) is 0 Å². The SMILES string of the molecule is COCCN1C(=O)C(=O)C(=C(O)c2ccc(OCc3ccccc3C)cc2)C1c1cccc(Oc2ccccc2)c1. The molecule has 5 rings (SSSR count). The summed E-state index contributed by atoms with van der Waals surface area (Å²) in [6, 6.07) is 30.5. The highest BCUT2D eigenvalue weighted by atomic mass is 16.5. The van der Waals surface area contributed by atoms with Gasteiger partial charge in [0.1, 0.15) is 29.6 Å². The number of benzene rings is 4. The monoisotopic (exact) mass is 549 g/mol. The van der Waals surface area contributed by atoms with Gasteiger partial charge < -0.3 is 24.2 Å². The summed E-state index contributed by atoms with van der Waals surface area (Å²) < 4.78 is 17.1. The summed E-state index contributed by atoms with van der Waals surface area (Å²) in [6.07, 6.45) is 0. The van der Waals surface area contributed by atoms with E-state index in [0.29, 0.717) is 35.0 Å². The summed E-state index contributed by atoms with van der Waals surface area (Å²) >= 11 is 0. The molecule has 1 unspecified atom stereocenters. The number of aryl methyl sites for hydroxylation is 1. The molecule has 0 aliphatic carbocycles. The quantitative estimate of drug-likeness (QED) is 0.139. The predicted molar refractivity (Wildman–Crippen MR) is 156 cm³/mol. The highest BCUT2D eigenvalue weighted by molar-refractivity contribution is 6.46. The van der Waals surface area contributed by atoms with Crippen LogP contribution in [-0.2, 0) is 20.9 Å². The van der Waals surface area contributed by atoms with Crippen molar-refractivity contribution in [3.63, 3.8) is 0 Å². The van der Waals surface area contributed by atoms with Crippen molar-refractivity contribution in [1.29, 1.82) is 0 Å². The zero-order valence-corrected chi connectivity index (χ0v) is 22.9. The molecule has 7 nitrogen and oxygen atoms in total. The van der Waals surface area contributed by atoms with Crippen molar-refractivity contribution in [1.82, 2.24) is 4.90 Å². The fourth-order valence-electron chi connectivity index (χ4n) is 4.82. The molecular formula is C34H31NO6. The number of methoxy groups -OCH3 is 1. The summed E-state index contributed by atoms with van der Waals surface area (Å²) in [5.74, 6) is 0.115. The van der Waals surface area contributed by atoms with Gasteiger partial charge in [0, 0.05) is 19.2 Å². The number of carbonyl (C=O) groups is 2. The van der Waals surface area contributed by atoms with Crippen LogP contribution in [0.4, 0.5) is 0 Å². The maximum atomic E-state index is 13.3. The van der Waals surface area contributed by atoms with Crippen LogP contribution in [0.25, 0.3) is 5.76 Å². The number of amides is 1. The summed E-state index contributed by atoms with van der Waals surface area (Å²) in [4.78, 5) is 27.9. The molecule has 4 aromatic carbocycles. The van der Waals surface area contributed by atoms with Crippen LogP contribution in [0.1, 0.15) is 28.3 Å². The highest BCUT2D eigenvalue weighted by Gasteiger charge is 2.46. The molecule has 1 fully saturated rings. The van der Waals surface area contributed by atoms with Gasteiger partial charge in [-0.05, 0) is 72.1 Å². The molecule has 1 atom stereocenters. The van der Waals surface area contributed by atoms with Gasteiger partial charge in [-0.25, -0.2) is 0 Å². The van der Waals surface area contributed by atoms with E-state index in [1.807, 2.05) is 67.6 Å². The van der Waals surface area contributed by atoms with Crippen LogP contribution >= 0.6 is 0 Å². The minimum Gasteiger partial charge on any atom is -0.507 e. The number of hydrogen-bond acceptors (Lipinski definition) is 6. The molecule has 1 aliphatic rings. The number of nitrogens with zero attached hydrogens (tertiary/aromatic N) is 1. The predicted octanol–water partition coefficient (Wildman–Crippen LogP) is 6.43. The van der Waals surface area contributed by atoms with E-state index in [-0.39, 0.29) is 24.5 Å². The normalized spacial score (nSPS) is 16.1. The van der Waals surface area contributed by atoms with E-state index in [0.717, 1.165) is 11.1 Å². The molecule has 1 saturated heterocycles. The van der Waals surface area contributed by atoms with Crippen molar-refractivity contribution < 1.29 is 28.9 Å². The smallest absolute Gasteiger partial charge is 0.295 e. The number of Topliss-reactive ketones (excluding diaryl/α,β-unsaturated/α-hetero) is 1. The van der Waals surface area contributed by atoms with Gasteiger partial charge in [-0.15, -0.1) is 0 Å². The van der Waals surface area contributed by atoms with Crippen LogP contribution in [0.2, 0.25) is 0 Å². The lowest BCUT2D eigenvalue weighted by molar-refractivity contribution is -0.140. The Hall–Kier alpha value is -4.88. The summed E-state index contributed by atoms with van der Waals surface area (Å²) in [7, 11) is 1.53. The first-order valence-electron chi connectivity index (χ1n) is 13.3. The van der Waals surface area contributed by atoms with Crippen LogP contribution < -0.4 is 9.47 Å². The van der Waals surface area contributed by atoms with Crippen LogP contribution in [0.3, 0.4) is 0 Å². The van der Waals surface area contributed by atoms with Gasteiger partial charge in [0.05, 0.1) is 18.2 Å². The molecule has 4 aromatic rings. The first kappa shape index (κ1) is 27.7. The van der Waals surface area contributed by atoms with E-state index in [1.165, 1.54) is 12.0 Å². The van der Waals surface area contributed by atoms with Crippen LogP contribution in [0.15, 0.2) is 109 Å². The molecule has 0 spiro atoms. The van der Waals surface area contributed by atoms with E-state index >= 15 is 0 Å². The number of ketones is 1. The molecule has 1 heterocycles. The summed E-state index contributed by atoms with van der Waals surface area (Å²) in [5, 5.41) is 11.4. The fourth-order valence-corrected chi connectivity index (χ4v) is 4.82. The topological polar surface area (TPSA) is 85.3 Å². The molecule has 0 bridgehead atoms. The Bertz CT molecular complexity index is 1560. The average molecular weight is 550 g/mol. The van der Waals surface area contributed by atoms with Crippen molar-refractivity contribution in [2.24, 2.45) is 0 Å². The number of aliphatic hydroxyl groups excluding tert-OH is 1. The zero-order valence-electron chi connectivity index (χ0n) is 22.9. The van der Waals surface area contributed by atoms with E-state index < -0.39 is 17.7 Å². The van der Waals surface area contributed by atoms with Crippen molar-refractivity contribution in [2.75, 3.05) is 20.3 Å². The van der Waals surface area contributed by atoms with Crippen molar-refractivity contribution in [3.05, 3.63) is 131 Å². The number of ether oxygens (including phenoxy) is 3. The Morgan fingerprint density at radius 1 is 0.829 bits per heavy atom. The molecule has 1 aliphatic heterocycles. The molecule has 0 saturated carbocycles. The molecule has 0 radical (unpaired) electrons. The number of aliphatic hydroxyl groups is 1. The Morgan fingerprint density at radius 3 is 2.27 bits per heavy atom. The van der Waals surface area contributed by atoms with E-state index in [2.05, 4.69) is 0 Å². The number of para-hydroxylation sites is 1. The Morgan fingerprint density at radius 2 is 1.54 bits per heavy atom. The van der Waals surface area contributed by atoms with Crippen molar-refractivity contribution in [3.8, 4) is 17.2 Å². The van der Waals surface area contributed by atoms with Crippen molar-refractivity contribution in [2.45, 2.75) is 19.6 Å². The first-order valence-corrected chi connectivity index (χ1v) is 13.3. The van der Waals surface area contributed by atoms with Gasteiger partial charge in [0.25, 0.3) is 11.7 Å². The first-order chi connectivity index (χ1) is 20.0. The standard InChI is InChI=1S/C34H31NO6/c1-23-9-6-7-10-26(23)22-40-27-17-15-24(16-18-27)32(36)30-31(35(19-20-39-2)34(38)33(30)37)25-11-8-14-29(21-25)41-28-12-4-3-5-13-28/h3-18,21,31,36H,19-20,22H2,1-2H3. The van der Waals surface area contributed by atoms with E-state index in [9.17, 15) is 14.7 Å². The minimum atomic E-state index is -0.818. The van der Waals surface area contributed by atoms with Gasteiger partial charge in [-0.3, -0.25) is 9.59 Å². The van der Waals surface area contributed by atoms with Crippen molar-refractivity contribution >= 4 is 17.4 Å². The Labute approximate surface area is 239 Å². The summed E-state index contributed by atoms with van der Waals surface area (Å²) in [6.45, 7) is 2.85. The largest absolute Gasteiger partial charge is 0.507 e. The second-order valence-electron chi connectivity index (χ2n) is 9.71. The van der Waals surface area contributed by atoms with Gasteiger partial charge in [-0.2, -0.15) is 0 Å². The lowest BCUT2D eigenvalue weighted by atomic mass is 9.95. The van der Waals surface area contributed by atoms with E-state index in [4.69, 9.17) is 14.2 Å². The number of likely N-dealkylation sites (tertiary alicyclic amines) is 1. The van der Waals surface area contributed by atoms with Crippen LogP contribution in [0, 0.1) is 6.92 Å². The molecule has 41 heavy (non-hydrogen) atoms. The number of carbonyl (C=O) groups excluding carboxylic acids is 2. The second kappa shape index (κ2) is 12.5. The maximum absolute atomic E-state index is 13.3. The highest BCUT2D eigenvalue weighted by Crippen LogP contribution is 2.40. The van der Waals surface area contributed by atoms with Gasteiger partial charge in [0.2, 0.25) is 0 Å². The third-order valence-electron chi connectivity index (χ3n) is 7.01. The van der Waals surface area contributed by atoms with Gasteiger partial charge in [-0.1, -0.05) is 54.6 Å². The lowest BCUT2D eigenvalue weighted by Crippen LogP contribution is -2.32. The van der Waals surface area contributed by atoms with Gasteiger partial charge >= 0.3 is 0 Å². The third kappa shape index (κ3) is 6.15. The summed E-state index contributed by atoms with van der Waals surface area (Å²) in [5.41, 5.74) is 3.26. The molecule has 1 amide bonds. The number of rotatable bonds is 10. The second-order valence-corrected chi connectivity index (χ2v) is 9.71. The molecule has 0 aromatic heterocycles. The molecular weight excluding hydrogens is 518 g/mol. The third-order valence-corrected chi connectivity index (χ3v) is 7.01. The van der Waals surface area contributed by atoms with E-state index in [1.54, 1.807) is 42.5 Å². The minimum absolute atomic E-state index is 0.0107. The lowest BCUT2D eigenvalue weighted by Gasteiger charge is -2.25. The maximum Gasteiger partial charge on any atom is 0.295 e.